The molecule has 1 atom stereocenters. The molecule has 1 aromatic rings. The summed E-state index contributed by atoms with van der Waals surface area (Å²) in [6.45, 7) is 7.00. The van der Waals surface area contributed by atoms with Gasteiger partial charge >= 0.3 is 12.1 Å². The number of nitrogens with zero attached hydrogens (tertiary/aromatic N) is 1. The first kappa shape index (κ1) is 15.8. The summed E-state index contributed by atoms with van der Waals surface area (Å²) in [6, 6.07) is 7.22. The Morgan fingerprint density at radius 1 is 1.35 bits per heavy atom. The fourth-order valence-electron chi connectivity index (χ4n) is 1.88. The molecule has 0 aliphatic rings. The van der Waals surface area contributed by atoms with Gasteiger partial charge in [0.15, 0.2) is 6.04 Å². The van der Waals surface area contributed by atoms with Crippen molar-refractivity contribution in [3.05, 3.63) is 48.6 Å². The van der Waals surface area contributed by atoms with Gasteiger partial charge in [0.1, 0.15) is 6.61 Å². The second-order valence-corrected chi connectivity index (χ2v) is 4.52. The highest BCUT2D eigenvalue weighted by Gasteiger charge is 2.34. The molecule has 1 N–H and O–H groups in total. The highest BCUT2D eigenvalue weighted by Crippen LogP contribution is 2.24. The normalized spacial score (nSPS) is 11.8. The highest BCUT2D eigenvalue weighted by atomic mass is 16.6. The van der Waals surface area contributed by atoms with Gasteiger partial charge in [-0.1, -0.05) is 43.0 Å². The highest BCUT2D eigenvalue weighted by molar-refractivity contribution is 5.81. The molecular formula is C15H19NO4. The zero-order valence-electron chi connectivity index (χ0n) is 11.7. The number of carbonyl (C=O) groups is 2. The number of aliphatic carboxylic acids is 1. The van der Waals surface area contributed by atoms with E-state index < -0.39 is 18.1 Å². The first-order chi connectivity index (χ1) is 9.49. The monoisotopic (exact) mass is 277 g/mol. The molecule has 0 saturated carbocycles. The lowest BCUT2D eigenvalue weighted by molar-refractivity contribution is -0.143. The number of amides is 1. The van der Waals surface area contributed by atoms with Crippen molar-refractivity contribution >= 4 is 12.1 Å². The van der Waals surface area contributed by atoms with Crippen LogP contribution in [0.15, 0.2) is 43.0 Å². The average Bonchev–Trinajstić information content (AvgIpc) is 2.42. The minimum atomic E-state index is -1.10. The van der Waals surface area contributed by atoms with E-state index in [1.165, 1.54) is 11.0 Å². The first-order valence-corrected chi connectivity index (χ1v) is 6.32. The minimum Gasteiger partial charge on any atom is -0.479 e. The van der Waals surface area contributed by atoms with Crippen molar-refractivity contribution in [3.8, 4) is 0 Å². The SMILES string of the molecule is C=CCOC(=O)N(C(C)C)C(C(=O)O)c1ccccc1. The van der Waals surface area contributed by atoms with E-state index in [9.17, 15) is 14.7 Å². The third kappa shape index (κ3) is 3.85. The van der Waals surface area contributed by atoms with Crippen LogP contribution in [-0.4, -0.2) is 34.7 Å². The number of hydrogen-bond donors (Lipinski definition) is 1. The Bertz CT molecular complexity index is 470. The standard InChI is InChI=1S/C15H19NO4/c1-4-10-20-15(19)16(11(2)3)13(14(17)18)12-8-6-5-7-9-12/h4-9,11,13H,1,10H2,2-3H3,(H,17,18). The van der Waals surface area contributed by atoms with Crippen molar-refractivity contribution in [2.75, 3.05) is 6.61 Å². The van der Waals surface area contributed by atoms with Gasteiger partial charge < -0.3 is 9.84 Å². The van der Waals surface area contributed by atoms with Crippen molar-refractivity contribution in [3.63, 3.8) is 0 Å². The predicted molar refractivity (Wildman–Crippen MR) is 75.3 cm³/mol. The van der Waals surface area contributed by atoms with Crippen LogP contribution in [-0.2, 0) is 9.53 Å². The summed E-state index contributed by atoms with van der Waals surface area (Å²) in [4.78, 5) is 24.8. The molecule has 0 radical (unpaired) electrons. The fraction of sp³-hybridized carbons (Fsp3) is 0.333. The summed E-state index contributed by atoms with van der Waals surface area (Å²) in [5.41, 5.74) is 0.532. The predicted octanol–water partition coefficient (Wildman–Crippen LogP) is 2.85. The van der Waals surface area contributed by atoms with Crippen LogP contribution in [0.2, 0.25) is 0 Å². The van der Waals surface area contributed by atoms with Crippen LogP contribution in [0.3, 0.4) is 0 Å². The Morgan fingerprint density at radius 3 is 2.40 bits per heavy atom. The summed E-state index contributed by atoms with van der Waals surface area (Å²) in [5.74, 6) is -1.10. The van der Waals surface area contributed by atoms with Gasteiger partial charge in [0.05, 0.1) is 0 Å². The lowest BCUT2D eigenvalue weighted by Gasteiger charge is -2.31. The Hall–Kier alpha value is -2.30. The van der Waals surface area contributed by atoms with Crippen LogP contribution in [0, 0.1) is 0 Å². The van der Waals surface area contributed by atoms with Crippen LogP contribution in [0.1, 0.15) is 25.5 Å². The van der Waals surface area contributed by atoms with Gasteiger partial charge in [-0.15, -0.1) is 0 Å². The molecule has 0 aliphatic carbocycles. The topological polar surface area (TPSA) is 66.8 Å². The van der Waals surface area contributed by atoms with Crippen molar-refractivity contribution < 1.29 is 19.4 Å². The molecule has 5 heteroatoms. The second kappa shape index (κ2) is 7.33. The molecule has 1 rings (SSSR count). The minimum absolute atomic E-state index is 0.0448. The lowest BCUT2D eigenvalue weighted by atomic mass is 10.0. The third-order valence-corrected chi connectivity index (χ3v) is 2.72. The number of ether oxygens (including phenoxy) is 1. The molecule has 1 unspecified atom stereocenters. The van der Waals surface area contributed by atoms with Gasteiger partial charge in [-0.2, -0.15) is 0 Å². The Balaban J connectivity index is 3.10. The summed E-state index contributed by atoms with van der Waals surface area (Å²) in [6.07, 6.45) is 0.769. The van der Waals surface area contributed by atoms with Crippen LogP contribution < -0.4 is 0 Å². The smallest absolute Gasteiger partial charge is 0.411 e. The van der Waals surface area contributed by atoms with Gasteiger partial charge in [0.2, 0.25) is 0 Å². The fourth-order valence-corrected chi connectivity index (χ4v) is 1.88. The number of carboxylic acids is 1. The van der Waals surface area contributed by atoms with Crippen molar-refractivity contribution in [1.29, 1.82) is 0 Å². The molecule has 0 bridgehead atoms. The van der Waals surface area contributed by atoms with Crippen LogP contribution in [0.5, 0.6) is 0 Å². The van der Waals surface area contributed by atoms with Gasteiger partial charge in [0.25, 0.3) is 0 Å². The molecule has 1 aromatic carbocycles. The van der Waals surface area contributed by atoms with Gasteiger partial charge in [-0.05, 0) is 19.4 Å². The van der Waals surface area contributed by atoms with Crippen LogP contribution >= 0.6 is 0 Å². The number of rotatable bonds is 6. The van der Waals surface area contributed by atoms with E-state index in [4.69, 9.17) is 4.74 Å². The summed E-state index contributed by atoms with van der Waals surface area (Å²) < 4.78 is 4.97. The number of carbonyl (C=O) groups excluding carboxylic acids is 1. The number of hydrogen-bond acceptors (Lipinski definition) is 3. The lowest BCUT2D eigenvalue weighted by Crippen LogP contribution is -2.43. The Morgan fingerprint density at radius 2 is 1.95 bits per heavy atom. The van der Waals surface area contributed by atoms with Gasteiger partial charge in [-0.25, -0.2) is 9.59 Å². The Labute approximate surface area is 118 Å². The molecule has 0 saturated heterocycles. The molecule has 0 aliphatic heterocycles. The largest absolute Gasteiger partial charge is 0.479 e. The Kier molecular flexibility index (Phi) is 5.77. The molecule has 5 nitrogen and oxygen atoms in total. The quantitative estimate of drug-likeness (QED) is 0.812. The molecule has 0 aromatic heterocycles. The average molecular weight is 277 g/mol. The summed E-state index contributed by atoms with van der Waals surface area (Å²) in [5, 5.41) is 9.45. The van der Waals surface area contributed by atoms with Crippen LogP contribution in [0.4, 0.5) is 4.79 Å². The zero-order valence-corrected chi connectivity index (χ0v) is 11.7. The van der Waals surface area contributed by atoms with E-state index in [1.54, 1.807) is 44.2 Å². The maximum absolute atomic E-state index is 12.1. The third-order valence-electron chi connectivity index (χ3n) is 2.72. The van der Waals surface area contributed by atoms with Crippen molar-refractivity contribution in [1.82, 2.24) is 4.90 Å². The van der Waals surface area contributed by atoms with E-state index in [0.29, 0.717) is 5.56 Å². The molecule has 0 fully saturated rings. The van der Waals surface area contributed by atoms with Gasteiger partial charge in [0, 0.05) is 6.04 Å². The summed E-state index contributed by atoms with van der Waals surface area (Å²) >= 11 is 0. The van der Waals surface area contributed by atoms with E-state index in [2.05, 4.69) is 6.58 Å². The molecule has 20 heavy (non-hydrogen) atoms. The summed E-state index contributed by atoms with van der Waals surface area (Å²) in [7, 11) is 0. The molecule has 0 heterocycles. The van der Waals surface area contributed by atoms with E-state index in [-0.39, 0.29) is 12.6 Å². The molecule has 108 valence electrons. The maximum Gasteiger partial charge on any atom is 0.411 e. The van der Waals surface area contributed by atoms with Crippen molar-refractivity contribution in [2.45, 2.75) is 25.9 Å². The number of benzene rings is 1. The number of carboxylic acid groups (broad SMARTS) is 1. The van der Waals surface area contributed by atoms with Crippen molar-refractivity contribution in [2.24, 2.45) is 0 Å². The van der Waals surface area contributed by atoms with E-state index >= 15 is 0 Å². The molecule has 0 spiro atoms. The maximum atomic E-state index is 12.1. The van der Waals surface area contributed by atoms with Gasteiger partial charge in [-0.3, -0.25) is 4.90 Å². The molecular weight excluding hydrogens is 258 g/mol. The van der Waals surface area contributed by atoms with Crippen LogP contribution in [0.25, 0.3) is 0 Å². The zero-order chi connectivity index (χ0) is 15.1. The first-order valence-electron chi connectivity index (χ1n) is 6.32. The second-order valence-electron chi connectivity index (χ2n) is 4.52. The molecule has 1 amide bonds. The van der Waals surface area contributed by atoms with E-state index in [0.717, 1.165) is 0 Å². The van der Waals surface area contributed by atoms with E-state index in [1.807, 2.05) is 0 Å².